The van der Waals surface area contributed by atoms with Crippen LogP contribution in [0, 0.1) is 6.92 Å². The largest absolute Gasteiger partial charge is 0.497 e. The quantitative estimate of drug-likeness (QED) is 0.407. The van der Waals surface area contributed by atoms with Crippen molar-refractivity contribution in [3.8, 4) is 5.75 Å². The lowest BCUT2D eigenvalue weighted by atomic mass is 9.98. The van der Waals surface area contributed by atoms with Crippen LogP contribution in [0.3, 0.4) is 0 Å². The summed E-state index contributed by atoms with van der Waals surface area (Å²) in [5.41, 5.74) is 2.06. The minimum atomic E-state index is -0.636. The summed E-state index contributed by atoms with van der Waals surface area (Å²) in [6.07, 6.45) is 0. The van der Waals surface area contributed by atoms with E-state index in [1.165, 1.54) is 11.3 Å². The molecule has 1 aliphatic rings. The number of carbonyl (C=O) groups excluding carboxylic acids is 1. The second-order valence-corrected chi connectivity index (χ2v) is 8.69. The number of halogens is 1. The number of fused-ring (bicyclic) bond motifs is 2. The topological polar surface area (TPSA) is 72.6 Å². The summed E-state index contributed by atoms with van der Waals surface area (Å²) >= 11 is 4.76. The van der Waals surface area contributed by atoms with Gasteiger partial charge >= 0.3 is 0 Å². The number of carbonyl (C=O) groups is 1. The van der Waals surface area contributed by atoms with Gasteiger partial charge in [0.2, 0.25) is 5.76 Å². The molecule has 0 spiro atoms. The number of nitrogens with zero attached hydrogens (tertiary/aromatic N) is 2. The van der Waals surface area contributed by atoms with Gasteiger partial charge in [0.25, 0.3) is 5.91 Å². The standard InChI is InChI=1S/C22H15BrN2O4S/c1-11-10-30-22(24-11)25-18(12-3-6-14(28-2)7-4-12)17-19(26)15-9-13(23)5-8-16(15)29-20(17)21(25)27/h3-10,18H,1-2H3. The van der Waals surface area contributed by atoms with Crippen molar-refractivity contribution in [2.45, 2.75) is 13.0 Å². The van der Waals surface area contributed by atoms with Crippen molar-refractivity contribution in [3.05, 3.63) is 85.1 Å². The van der Waals surface area contributed by atoms with Gasteiger partial charge in [0.1, 0.15) is 11.3 Å². The van der Waals surface area contributed by atoms with Crippen molar-refractivity contribution in [3.63, 3.8) is 0 Å². The molecular weight excluding hydrogens is 468 g/mol. The molecule has 0 fully saturated rings. The Morgan fingerprint density at radius 1 is 1.17 bits per heavy atom. The zero-order chi connectivity index (χ0) is 21.0. The highest BCUT2D eigenvalue weighted by atomic mass is 79.9. The number of thiazole rings is 1. The van der Waals surface area contributed by atoms with Crippen molar-refractivity contribution in [1.29, 1.82) is 0 Å². The molecule has 6 nitrogen and oxygen atoms in total. The van der Waals surface area contributed by atoms with Gasteiger partial charge in [0.05, 0.1) is 29.8 Å². The number of ether oxygens (including phenoxy) is 1. The zero-order valence-electron chi connectivity index (χ0n) is 16.0. The van der Waals surface area contributed by atoms with Gasteiger partial charge in [0, 0.05) is 9.85 Å². The minimum absolute atomic E-state index is 0.0588. The highest BCUT2D eigenvalue weighted by Gasteiger charge is 2.44. The fourth-order valence-electron chi connectivity index (χ4n) is 3.70. The van der Waals surface area contributed by atoms with E-state index in [2.05, 4.69) is 20.9 Å². The van der Waals surface area contributed by atoms with E-state index in [0.29, 0.717) is 27.4 Å². The summed E-state index contributed by atoms with van der Waals surface area (Å²) in [6, 6.07) is 11.9. The molecule has 0 radical (unpaired) electrons. The Labute approximate surface area is 183 Å². The van der Waals surface area contributed by atoms with Gasteiger partial charge in [-0.2, -0.15) is 0 Å². The average Bonchev–Trinajstić information content (AvgIpc) is 3.30. The lowest BCUT2D eigenvalue weighted by Crippen LogP contribution is -2.29. The Morgan fingerprint density at radius 2 is 1.93 bits per heavy atom. The summed E-state index contributed by atoms with van der Waals surface area (Å²) in [6.45, 7) is 1.87. The van der Waals surface area contributed by atoms with Gasteiger partial charge in [-0.1, -0.05) is 28.1 Å². The first-order valence-corrected chi connectivity index (χ1v) is 10.8. The van der Waals surface area contributed by atoms with Crippen LogP contribution in [0.4, 0.5) is 5.13 Å². The molecular formula is C22H15BrN2O4S. The minimum Gasteiger partial charge on any atom is -0.497 e. The molecule has 0 bridgehead atoms. The van der Waals surface area contributed by atoms with Crippen molar-refractivity contribution >= 4 is 49.3 Å². The number of hydrogen-bond acceptors (Lipinski definition) is 6. The van der Waals surface area contributed by atoms with Crippen LogP contribution in [0.15, 0.2) is 61.5 Å². The number of rotatable bonds is 3. The Morgan fingerprint density at radius 3 is 2.60 bits per heavy atom. The molecule has 8 heteroatoms. The summed E-state index contributed by atoms with van der Waals surface area (Å²) < 4.78 is 12.0. The van der Waals surface area contributed by atoms with Crippen molar-refractivity contribution in [2.24, 2.45) is 0 Å². The maximum absolute atomic E-state index is 13.5. The van der Waals surface area contributed by atoms with E-state index in [-0.39, 0.29) is 17.1 Å². The molecule has 2 aromatic heterocycles. The first-order chi connectivity index (χ1) is 14.5. The van der Waals surface area contributed by atoms with Crippen LogP contribution in [-0.2, 0) is 0 Å². The lowest BCUT2D eigenvalue weighted by Gasteiger charge is -2.22. The SMILES string of the molecule is COc1ccc(C2c3c(oc4ccc(Br)cc4c3=O)C(=O)N2c2nc(C)cs2)cc1. The van der Waals surface area contributed by atoms with E-state index in [4.69, 9.17) is 9.15 Å². The fraction of sp³-hybridized carbons (Fsp3) is 0.136. The highest BCUT2D eigenvalue weighted by Crippen LogP contribution is 2.42. The number of amides is 1. The van der Waals surface area contributed by atoms with E-state index >= 15 is 0 Å². The number of hydrogen-bond donors (Lipinski definition) is 0. The molecule has 1 amide bonds. The van der Waals surface area contributed by atoms with Gasteiger partial charge in [-0.05, 0) is 42.8 Å². The average molecular weight is 483 g/mol. The monoisotopic (exact) mass is 482 g/mol. The molecule has 3 heterocycles. The smallest absolute Gasteiger partial charge is 0.297 e. The Bertz CT molecular complexity index is 1360. The maximum Gasteiger partial charge on any atom is 0.297 e. The molecule has 0 N–H and O–H groups in total. The molecule has 2 aromatic carbocycles. The Balaban J connectivity index is 1.80. The molecule has 1 atom stereocenters. The predicted molar refractivity (Wildman–Crippen MR) is 119 cm³/mol. The summed E-state index contributed by atoms with van der Waals surface area (Å²) in [7, 11) is 1.59. The van der Waals surface area contributed by atoms with E-state index in [0.717, 1.165) is 15.7 Å². The van der Waals surface area contributed by atoms with Gasteiger partial charge in [-0.3, -0.25) is 14.5 Å². The van der Waals surface area contributed by atoms with Gasteiger partial charge in [-0.25, -0.2) is 4.98 Å². The number of methoxy groups -OCH3 is 1. The van der Waals surface area contributed by atoms with Crippen LogP contribution in [0.2, 0.25) is 0 Å². The molecule has 0 saturated carbocycles. The number of benzene rings is 2. The predicted octanol–water partition coefficient (Wildman–Crippen LogP) is 5.08. The first-order valence-electron chi connectivity index (χ1n) is 9.14. The van der Waals surface area contributed by atoms with Gasteiger partial charge in [0.15, 0.2) is 10.6 Å². The van der Waals surface area contributed by atoms with Crippen LogP contribution < -0.4 is 15.1 Å². The van der Waals surface area contributed by atoms with Gasteiger partial charge < -0.3 is 9.15 Å². The summed E-state index contributed by atoms with van der Waals surface area (Å²) in [4.78, 5) is 32.9. The third kappa shape index (κ3) is 2.86. The lowest BCUT2D eigenvalue weighted by molar-refractivity contribution is 0.0971. The van der Waals surface area contributed by atoms with Crippen LogP contribution in [-0.4, -0.2) is 18.0 Å². The molecule has 4 aromatic rings. The third-order valence-electron chi connectivity index (χ3n) is 5.08. The highest BCUT2D eigenvalue weighted by molar-refractivity contribution is 9.10. The van der Waals surface area contributed by atoms with Crippen LogP contribution in [0.5, 0.6) is 5.75 Å². The van der Waals surface area contributed by atoms with Crippen LogP contribution >= 0.6 is 27.3 Å². The zero-order valence-corrected chi connectivity index (χ0v) is 18.4. The van der Waals surface area contributed by atoms with Crippen molar-refractivity contribution in [2.75, 3.05) is 12.0 Å². The van der Waals surface area contributed by atoms with Crippen molar-refractivity contribution < 1.29 is 13.9 Å². The van der Waals surface area contributed by atoms with E-state index < -0.39 is 6.04 Å². The molecule has 1 unspecified atom stereocenters. The van der Waals surface area contributed by atoms with Gasteiger partial charge in [-0.15, -0.1) is 11.3 Å². The Hall–Kier alpha value is -2.97. The van der Waals surface area contributed by atoms with Crippen LogP contribution in [0.1, 0.15) is 33.4 Å². The normalized spacial score (nSPS) is 15.6. The number of anilines is 1. The van der Waals surface area contributed by atoms with E-state index in [1.54, 1.807) is 30.2 Å². The Kier molecular flexibility index (Phi) is 4.48. The van der Waals surface area contributed by atoms with Crippen molar-refractivity contribution in [1.82, 2.24) is 4.98 Å². The second kappa shape index (κ2) is 7.07. The third-order valence-corrected chi connectivity index (χ3v) is 6.53. The van der Waals surface area contributed by atoms with E-state index in [1.807, 2.05) is 36.6 Å². The summed E-state index contributed by atoms with van der Waals surface area (Å²) in [5, 5.41) is 2.82. The van der Waals surface area contributed by atoms with E-state index in [9.17, 15) is 9.59 Å². The molecule has 0 saturated heterocycles. The molecule has 1 aliphatic heterocycles. The molecule has 0 aliphatic carbocycles. The van der Waals surface area contributed by atoms with Crippen LogP contribution in [0.25, 0.3) is 11.0 Å². The first kappa shape index (κ1) is 19.0. The fourth-order valence-corrected chi connectivity index (χ4v) is 4.88. The maximum atomic E-state index is 13.5. The molecule has 150 valence electrons. The number of aromatic nitrogens is 1. The molecule has 30 heavy (non-hydrogen) atoms. The number of aryl methyl sites for hydroxylation is 1. The second-order valence-electron chi connectivity index (χ2n) is 6.94. The summed E-state index contributed by atoms with van der Waals surface area (Å²) in [5.74, 6) is 0.375. The molecule has 5 rings (SSSR count).